The van der Waals surface area contributed by atoms with Gasteiger partial charge in [0.25, 0.3) is 0 Å². The minimum Gasteiger partial charge on any atom is -0.223 e. The Bertz CT molecular complexity index is 498. The van der Waals surface area contributed by atoms with Crippen molar-refractivity contribution in [2.75, 3.05) is 0 Å². The van der Waals surface area contributed by atoms with Crippen molar-refractivity contribution in [3.63, 3.8) is 0 Å². The highest BCUT2D eigenvalue weighted by Gasteiger charge is 2.23. The number of hydrogen-bond acceptors (Lipinski definition) is 2. The average molecular weight is 264 g/mol. The summed E-state index contributed by atoms with van der Waals surface area (Å²) in [5.74, 6) is 0. The van der Waals surface area contributed by atoms with E-state index in [1.165, 1.54) is 6.08 Å². The van der Waals surface area contributed by atoms with Crippen molar-refractivity contribution >= 4 is 9.84 Å². The van der Waals surface area contributed by atoms with Gasteiger partial charge in [0.1, 0.15) is 0 Å². The molecule has 0 aliphatic rings. The topological polar surface area (TPSA) is 34.1 Å². The van der Waals surface area contributed by atoms with Crippen LogP contribution in [0.5, 0.6) is 0 Å². The van der Waals surface area contributed by atoms with Gasteiger partial charge in [-0.05, 0) is 38.3 Å². The van der Waals surface area contributed by atoms with E-state index in [9.17, 15) is 8.42 Å². The summed E-state index contributed by atoms with van der Waals surface area (Å²) in [6, 6.07) is 6.96. The Morgan fingerprint density at radius 3 is 2.33 bits per heavy atom. The number of unbranched alkanes of at least 4 members (excludes halogenated alkanes) is 1. The average Bonchev–Trinajstić information content (AvgIpc) is 2.35. The van der Waals surface area contributed by atoms with Gasteiger partial charge < -0.3 is 0 Å². The molecule has 18 heavy (non-hydrogen) atoms. The summed E-state index contributed by atoms with van der Waals surface area (Å²) >= 11 is 0. The lowest BCUT2D eigenvalue weighted by Gasteiger charge is -2.13. The molecule has 0 aromatic heterocycles. The third kappa shape index (κ3) is 3.57. The highest BCUT2D eigenvalue weighted by Crippen LogP contribution is 2.21. The van der Waals surface area contributed by atoms with E-state index in [1.54, 1.807) is 18.2 Å². The van der Waals surface area contributed by atoms with Crippen LogP contribution in [-0.2, 0) is 9.84 Å². The summed E-state index contributed by atoms with van der Waals surface area (Å²) in [7, 11) is -3.30. The number of allylic oxidation sites excluding steroid dienone is 1. The molecule has 0 aliphatic heterocycles. The van der Waals surface area contributed by atoms with E-state index < -0.39 is 15.1 Å². The zero-order valence-electron chi connectivity index (χ0n) is 10.8. The van der Waals surface area contributed by atoms with Gasteiger partial charge in [0.15, 0.2) is 9.84 Å². The van der Waals surface area contributed by atoms with Gasteiger partial charge in [-0.2, -0.15) is 0 Å². The van der Waals surface area contributed by atoms with Gasteiger partial charge in [-0.15, -0.1) is 13.2 Å². The molecule has 3 heteroatoms. The third-order valence-corrected chi connectivity index (χ3v) is 5.06. The molecule has 0 saturated heterocycles. The van der Waals surface area contributed by atoms with Crippen LogP contribution in [0.25, 0.3) is 0 Å². The first-order valence-electron chi connectivity index (χ1n) is 6.06. The largest absolute Gasteiger partial charge is 0.223 e. The second kappa shape index (κ2) is 6.55. The monoisotopic (exact) mass is 264 g/mol. The Labute approximate surface area is 110 Å². The predicted octanol–water partition coefficient (Wildman–Crippen LogP) is 3.68. The van der Waals surface area contributed by atoms with Gasteiger partial charge in [0.05, 0.1) is 10.1 Å². The normalized spacial score (nSPS) is 12.9. The molecule has 0 bridgehead atoms. The lowest BCUT2D eigenvalue weighted by Crippen LogP contribution is -2.19. The molecule has 98 valence electrons. The van der Waals surface area contributed by atoms with Crippen LogP contribution in [0, 0.1) is 6.92 Å². The van der Waals surface area contributed by atoms with E-state index in [2.05, 4.69) is 13.2 Å². The standard InChI is InChI=1S/C15H20O2S/c1-4-6-7-8-14(5-2)18(16,17)15-11-9-13(3)10-12-15/h4-5,9-12,14H,1-2,6-8H2,3H3/t14-/m0/s1. The predicted molar refractivity (Wildman–Crippen MR) is 76.4 cm³/mol. The Hall–Kier alpha value is -1.35. The molecular formula is C15H20O2S. The van der Waals surface area contributed by atoms with Crippen molar-refractivity contribution in [3.05, 3.63) is 55.1 Å². The number of rotatable bonds is 7. The molecule has 0 N–H and O–H groups in total. The van der Waals surface area contributed by atoms with Crippen molar-refractivity contribution in [2.24, 2.45) is 0 Å². The molecule has 1 aromatic carbocycles. The molecule has 2 nitrogen and oxygen atoms in total. The quantitative estimate of drug-likeness (QED) is 0.556. The van der Waals surface area contributed by atoms with Gasteiger partial charge in [-0.25, -0.2) is 8.42 Å². The first-order valence-corrected chi connectivity index (χ1v) is 7.61. The van der Waals surface area contributed by atoms with Gasteiger partial charge in [-0.3, -0.25) is 0 Å². The molecule has 0 radical (unpaired) electrons. The molecule has 0 amide bonds. The first-order chi connectivity index (χ1) is 8.52. The molecular weight excluding hydrogens is 244 g/mol. The Morgan fingerprint density at radius 2 is 1.83 bits per heavy atom. The van der Waals surface area contributed by atoms with E-state index in [0.717, 1.165) is 18.4 Å². The van der Waals surface area contributed by atoms with Gasteiger partial charge in [0, 0.05) is 0 Å². The maximum Gasteiger partial charge on any atom is 0.184 e. The lowest BCUT2D eigenvalue weighted by atomic mass is 10.2. The van der Waals surface area contributed by atoms with Crippen LogP contribution in [-0.4, -0.2) is 13.7 Å². The van der Waals surface area contributed by atoms with Crippen molar-refractivity contribution in [2.45, 2.75) is 36.3 Å². The lowest BCUT2D eigenvalue weighted by molar-refractivity contribution is 0.581. The zero-order valence-corrected chi connectivity index (χ0v) is 11.6. The van der Waals surface area contributed by atoms with E-state index in [1.807, 2.05) is 19.1 Å². The van der Waals surface area contributed by atoms with Crippen LogP contribution in [0.2, 0.25) is 0 Å². The SMILES string of the molecule is C=CCCC[C@H](C=C)S(=O)(=O)c1ccc(C)cc1. The van der Waals surface area contributed by atoms with Crippen molar-refractivity contribution in [1.82, 2.24) is 0 Å². The van der Waals surface area contributed by atoms with E-state index in [0.29, 0.717) is 11.3 Å². The second-order valence-corrected chi connectivity index (χ2v) is 6.52. The van der Waals surface area contributed by atoms with Gasteiger partial charge in [0.2, 0.25) is 0 Å². The molecule has 0 heterocycles. The maximum absolute atomic E-state index is 12.4. The Kier molecular flexibility index (Phi) is 5.35. The minimum atomic E-state index is -3.30. The third-order valence-electron chi connectivity index (χ3n) is 2.91. The number of sulfone groups is 1. The molecule has 0 saturated carbocycles. The molecule has 1 aromatic rings. The van der Waals surface area contributed by atoms with Crippen LogP contribution in [0.15, 0.2) is 54.5 Å². The minimum absolute atomic E-state index is 0.372. The second-order valence-electron chi connectivity index (χ2n) is 4.35. The van der Waals surface area contributed by atoms with Crippen LogP contribution >= 0.6 is 0 Å². The fourth-order valence-electron chi connectivity index (χ4n) is 1.77. The van der Waals surface area contributed by atoms with E-state index >= 15 is 0 Å². The summed E-state index contributed by atoms with van der Waals surface area (Å²) in [4.78, 5) is 0.372. The van der Waals surface area contributed by atoms with Crippen LogP contribution in [0.1, 0.15) is 24.8 Å². The van der Waals surface area contributed by atoms with E-state index in [-0.39, 0.29) is 0 Å². The highest BCUT2D eigenvalue weighted by atomic mass is 32.2. The first kappa shape index (κ1) is 14.7. The summed E-state index contributed by atoms with van der Waals surface area (Å²) in [5, 5.41) is -0.514. The fraction of sp³-hybridized carbons (Fsp3) is 0.333. The molecule has 0 spiro atoms. The van der Waals surface area contributed by atoms with Gasteiger partial charge in [-0.1, -0.05) is 29.8 Å². The van der Waals surface area contributed by atoms with Crippen molar-refractivity contribution in [3.8, 4) is 0 Å². The molecule has 0 fully saturated rings. The number of aryl methyl sites for hydroxylation is 1. The summed E-state index contributed by atoms with van der Waals surface area (Å²) in [6.45, 7) is 9.22. The summed E-state index contributed by atoms with van der Waals surface area (Å²) < 4.78 is 24.7. The molecule has 0 aliphatic carbocycles. The number of hydrogen-bond donors (Lipinski definition) is 0. The summed E-state index contributed by atoms with van der Waals surface area (Å²) in [6.07, 6.45) is 5.56. The Balaban J connectivity index is 2.92. The van der Waals surface area contributed by atoms with Crippen molar-refractivity contribution < 1.29 is 8.42 Å². The van der Waals surface area contributed by atoms with Crippen LogP contribution in [0.3, 0.4) is 0 Å². The summed E-state index contributed by atoms with van der Waals surface area (Å²) in [5.41, 5.74) is 1.05. The molecule has 1 atom stereocenters. The van der Waals surface area contributed by atoms with Gasteiger partial charge >= 0.3 is 0 Å². The highest BCUT2D eigenvalue weighted by molar-refractivity contribution is 7.92. The zero-order chi connectivity index (χ0) is 13.6. The van der Waals surface area contributed by atoms with Crippen LogP contribution in [0.4, 0.5) is 0 Å². The van der Waals surface area contributed by atoms with E-state index in [4.69, 9.17) is 0 Å². The maximum atomic E-state index is 12.4. The fourth-order valence-corrected chi connectivity index (χ4v) is 3.36. The molecule has 1 rings (SSSR count). The van der Waals surface area contributed by atoms with Crippen molar-refractivity contribution in [1.29, 1.82) is 0 Å². The number of benzene rings is 1. The Morgan fingerprint density at radius 1 is 1.22 bits per heavy atom. The molecule has 0 unspecified atom stereocenters. The smallest absolute Gasteiger partial charge is 0.184 e. The van der Waals surface area contributed by atoms with Crippen LogP contribution < -0.4 is 0 Å².